The molecular formula is C38H36FeO2P2PdS2. The first kappa shape index (κ1) is 41.4. The van der Waals surface area contributed by atoms with Crippen LogP contribution in [0.25, 0.3) is 0 Å². The van der Waals surface area contributed by atoms with Gasteiger partial charge in [0, 0.05) is 43.1 Å². The van der Waals surface area contributed by atoms with E-state index in [1.54, 1.807) is 0 Å². The van der Waals surface area contributed by atoms with E-state index in [0.29, 0.717) is 0 Å². The molecule has 0 aromatic heterocycles. The van der Waals surface area contributed by atoms with E-state index in [2.05, 4.69) is 195 Å². The molecule has 0 aliphatic carbocycles. The second-order valence-corrected chi connectivity index (χ2v) is 15.7. The molecule has 0 saturated heterocycles. The summed E-state index contributed by atoms with van der Waals surface area (Å²) in [5.41, 5.74) is 0. The summed E-state index contributed by atoms with van der Waals surface area (Å²) in [4.78, 5) is 18.5. The van der Waals surface area contributed by atoms with Crippen LogP contribution in [0, 0.1) is 0 Å². The molecule has 0 amide bonds. The van der Waals surface area contributed by atoms with E-state index in [1.807, 2.05) is 0 Å². The molecule has 0 fully saturated rings. The van der Waals surface area contributed by atoms with Gasteiger partial charge in [-0.2, -0.15) is 0 Å². The van der Waals surface area contributed by atoms with Gasteiger partial charge in [0.2, 0.25) is 0 Å². The fraction of sp³-hybridized carbons (Fsp3) is 0.0526. The van der Waals surface area contributed by atoms with E-state index in [1.165, 1.54) is 45.7 Å². The third-order valence-corrected chi connectivity index (χ3v) is 11.6. The van der Waals surface area contributed by atoms with Crippen molar-refractivity contribution >= 4 is 83.2 Å². The molecule has 8 heteroatoms. The van der Waals surface area contributed by atoms with Crippen molar-refractivity contribution in [3.8, 4) is 0 Å². The summed E-state index contributed by atoms with van der Waals surface area (Å²) in [6.45, 7) is 2.69. The predicted molar refractivity (Wildman–Crippen MR) is 200 cm³/mol. The van der Waals surface area contributed by atoms with Crippen LogP contribution in [0.5, 0.6) is 0 Å². The van der Waals surface area contributed by atoms with E-state index in [0.717, 1.165) is 0 Å². The second kappa shape index (κ2) is 23.7. The first-order valence-electron chi connectivity index (χ1n) is 14.1. The Labute approximate surface area is 311 Å². The third kappa shape index (κ3) is 14.9. The number of hydrogen-bond acceptors (Lipinski definition) is 4. The molecular weight excluding hydrogens is 777 g/mol. The Bertz CT molecular complexity index is 1410. The molecule has 240 valence electrons. The van der Waals surface area contributed by atoms with Crippen LogP contribution in [0.2, 0.25) is 0 Å². The van der Waals surface area contributed by atoms with Crippen molar-refractivity contribution in [3.05, 3.63) is 170 Å². The smallest absolute Gasteiger partial charge is 0.742 e. The van der Waals surface area contributed by atoms with Crippen LogP contribution in [0.15, 0.2) is 170 Å². The molecule has 0 radical (unpaired) electrons. The topological polar surface area (TPSA) is 34.1 Å². The quantitative estimate of drug-likeness (QED) is 0.0903. The van der Waals surface area contributed by atoms with Gasteiger partial charge in [-0.15, -0.1) is 24.3 Å². The first-order valence-corrected chi connectivity index (χ1v) is 17.9. The summed E-state index contributed by atoms with van der Waals surface area (Å²) in [6.07, 6.45) is 0. The van der Waals surface area contributed by atoms with Crippen molar-refractivity contribution in [1.82, 2.24) is 0 Å². The summed E-state index contributed by atoms with van der Waals surface area (Å²) < 4.78 is 0. The predicted octanol–water partition coefficient (Wildman–Crippen LogP) is 5.95. The average Bonchev–Trinajstić information content (AvgIpc) is 3.75. The minimum absolute atomic E-state index is 0. The van der Waals surface area contributed by atoms with Gasteiger partial charge < -0.3 is 34.8 Å². The van der Waals surface area contributed by atoms with Crippen LogP contribution >= 0.6 is 15.8 Å². The van der Waals surface area contributed by atoms with Gasteiger partial charge >= 0.3 is 20.4 Å². The van der Waals surface area contributed by atoms with Crippen LogP contribution in [-0.4, -0.2) is 10.2 Å². The molecule has 6 aromatic rings. The number of benzene rings is 4. The van der Waals surface area contributed by atoms with E-state index in [-0.39, 0.29) is 47.7 Å². The molecule has 0 unspecified atom stereocenters. The molecule has 6 aromatic carbocycles. The largest absolute Gasteiger partial charge is 2.00 e. The first-order chi connectivity index (χ1) is 21.4. The van der Waals surface area contributed by atoms with Gasteiger partial charge in [-0.25, -0.2) is 24.3 Å². The minimum atomic E-state index is -0.834. The van der Waals surface area contributed by atoms with Crippen molar-refractivity contribution in [2.24, 2.45) is 0 Å². The molecule has 0 spiro atoms. The Morgan fingerprint density at radius 2 is 0.609 bits per heavy atom. The number of hydrogen-bond donors (Lipinski definition) is 0. The normalized spacial score (nSPS) is 9.48. The van der Waals surface area contributed by atoms with Crippen molar-refractivity contribution in [2.45, 2.75) is 13.8 Å². The summed E-state index contributed by atoms with van der Waals surface area (Å²) in [5.74, 6) is 0. The fourth-order valence-corrected chi connectivity index (χ4v) is 9.66. The van der Waals surface area contributed by atoms with Gasteiger partial charge in [-0.3, -0.25) is 0 Å². The molecule has 0 atom stereocenters. The molecule has 46 heavy (non-hydrogen) atoms. The molecule has 0 N–H and O–H groups in total. The van der Waals surface area contributed by atoms with Gasteiger partial charge in [0.1, 0.15) is 0 Å². The fourth-order valence-electron chi connectivity index (χ4n) is 4.50. The van der Waals surface area contributed by atoms with E-state index >= 15 is 0 Å². The zero-order valence-corrected chi connectivity index (χ0v) is 31.8. The Balaban J connectivity index is 0.000000361. The molecule has 0 bridgehead atoms. The van der Waals surface area contributed by atoms with Crippen LogP contribution in [-0.2, 0) is 72.3 Å². The van der Waals surface area contributed by atoms with E-state index < -0.39 is 15.8 Å². The average molecular weight is 813 g/mol. The van der Waals surface area contributed by atoms with Crippen LogP contribution in [0.3, 0.4) is 0 Å². The van der Waals surface area contributed by atoms with Gasteiger partial charge in [0.25, 0.3) is 0 Å². The van der Waals surface area contributed by atoms with Crippen LogP contribution in [0.4, 0.5) is 0 Å². The maximum atomic E-state index is 9.26. The van der Waals surface area contributed by atoms with Crippen molar-refractivity contribution < 1.29 is 47.1 Å². The number of carbonyl (C=O) groups is 2. The van der Waals surface area contributed by atoms with Crippen molar-refractivity contribution in [3.63, 3.8) is 0 Å². The Kier molecular flexibility index (Phi) is 21.3. The van der Waals surface area contributed by atoms with Crippen LogP contribution < -0.4 is 31.8 Å². The molecule has 0 heterocycles. The second-order valence-electron chi connectivity index (χ2n) is 9.54. The van der Waals surface area contributed by atoms with Crippen molar-refractivity contribution in [2.75, 3.05) is 0 Å². The SMILES string of the molecule is CC(=O)[S-].CC(=O)[S-].[Fe].[Pd+2].c1ccc([PH+](c2ccccc2)[c-]2cccc2)cc1.c1ccc([PH+](c2ccccc2)[c-]2cccc2)cc1. The zero-order chi connectivity index (χ0) is 31.6. The van der Waals surface area contributed by atoms with Crippen molar-refractivity contribution in [1.29, 1.82) is 0 Å². The summed E-state index contributed by atoms with van der Waals surface area (Å²) in [7, 11) is -1.67. The van der Waals surface area contributed by atoms with Gasteiger partial charge in [0.15, 0.2) is 0 Å². The van der Waals surface area contributed by atoms with Gasteiger partial charge in [0.05, 0.1) is 21.2 Å². The number of rotatable bonds is 6. The molecule has 2 nitrogen and oxygen atoms in total. The maximum absolute atomic E-state index is 9.26. The van der Waals surface area contributed by atoms with E-state index in [4.69, 9.17) is 0 Å². The number of carbonyl (C=O) groups excluding carboxylic acids is 2. The molecule has 0 aliphatic heterocycles. The Morgan fingerprint density at radius 1 is 0.435 bits per heavy atom. The van der Waals surface area contributed by atoms with Crippen LogP contribution in [0.1, 0.15) is 13.8 Å². The van der Waals surface area contributed by atoms with Gasteiger partial charge in [-0.05, 0) is 73.0 Å². The summed E-state index contributed by atoms with van der Waals surface area (Å²) in [6, 6.07) is 60.8. The third-order valence-electron chi connectivity index (χ3n) is 6.15. The Morgan fingerprint density at radius 3 is 0.783 bits per heavy atom. The molecule has 0 saturated carbocycles. The standard InChI is InChI=1S/2C17H15P.2C2H4OS.Fe.Pd/c2*1-3-9-15(10-4-1)18(17-13-7-8-14-17)16-11-5-2-6-12-16;2*1-2(3)4;;/h2*1-14,18H;2*1H3,(H,3,4);;/q;;;;;+2/p-2. The summed E-state index contributed by atoms with van der Waals surface area (Å²) in [5, 5.41) is 8.19. The maximum Gasteiger partial charge on any atom is 2.00 e. The minimum Gasteiger partial charge on any atom is -0.742 e. The zero-order valence-electron chi connectivity index (χ0n) is 25.5. The Hall–Kier alpha value is -2.60. The van der Waals surface area contributed by atoms with Gasteiger partial charge in [-0.1, -0.05) is 72.8 Å². The molecule has 0 aliphatic rings. The molecule has 6 rings (SSSR count). The van der Waals surface area contributed by atoms with E-state index in [9.17, 15) is 9.59 Å². The monoisotopic (exact) mass is 812 g/mol. The summed E-state index contributed by atoms with van der Waals surface area (Å²) >= 11 is 7.96.